The highest BCUT2D eigenvalue weighted by atomic mass is 32.2. The van der Waals surface area contributed by atoms with Crippen molar-refractivity contribution in [1.82, 2.24) is 10.2 Å². The summed E-state index contributed by atoms with van der Waals surface area (Å²) in [6.07, 6.45) is 0.174. The highest BCUT2D eigenvalue weighted by Crippen LogP contribution is 2.49. The molecule has 276 valence electrons. The molecule has 7 rings (SSSR count). The molecule has 5 aromatic rings. The third-order valence-electron chi connectivity index (χ3n) is 10.9. The Morgan fingerprint density at radius 2 is 1.19 bits per heavy atom. The molecule has 5 aromatic carbocycles. The van der Waals surface area contributed by atoms with Gasteiger partial charge in [-0.05, 0) is 57.2 Å². The second-order valence-corrected chi connectivity index (χ2v) is 16.4. The minimum Gasteiger partial charge on any atom is -0.480 e. The van der Waals surface area contributed by atoms with Gasteiger partial charge in [0.05, 0.1) is 4.75 Å². The fourth-order valence-corrected chi connectivity index (χ4v) is 9.88. The number of fused-ring (bicyclic) bond motifs is 3. The van der Waals surface area contributed by atoms with Crippen molar-refractivity contribution in [2.75, 3.05) is 12.4 Å². The third kappa shape index (κ3) is 7.15. The van der Waals surface area contributed by atoms with E-state index >= 15 is 0 Å². The Bertz CT molecular complexity index is 1960. The number of hydrogen-bond donors (Lipinski definition) is 2. The number of amides is 2. The van der Waals surface area contributed by atoms with Gasteiger partial charge in [0, 0.05) is 17.7 Å². The molecule has 54 heavy (non-hydrogen) atoms. The Labute approximate surface area is 321 Å². The van der Waals surface area contributed by atoms with Gasteiger partial charge in [0.1, 0.15) is 18.7 Å². The summed E-state index contributed by atoms with van der Waals surface area (Å²) in [7, 11) is 0. The fourth-order valence-electron chi connectivity index (χ4n) is 8.32. The van der Waals surface area contributed by atoms with Crippen LogP contribution in [-0.4, -0.2) is 58.5 Å². The number of carboxylic acid groups (broad SMARTS) is 1. The van der Waals surface area contributed by atoms with Crippen molar-refractivity contribution in [2.24, 2.45) is 5.41 Å². The summed E-state index contributed by atoms with van der Waals surface area (Å²) in [5, 5.41) is 13.3. The maximum absolute atomic E-state index is 14.9. The van der Waals surface area contributed by atoms with Crippen LogP contribution in [-0.2, 0) is 19.1 Å². The molecule has 0 unspecified atom stereocenters. The zero-order valence-corrected chi connectivity index (χ0v) is 31.7. The molecule has 1 heterocycles. The average molecular weight is 739 g/mol. The topological polar surface area (TPSA) is 95.9 Å². The molecule has 1 aliphatic carbocycles. The molecule has 2 amide bonds. The van der Waals surface area contributed by atoms with Gasteiger partial charge in [-0.2, -0.15) is 0 Å². The van der Waals surface area contributed by atoms with Crippen LogP contribution >= 0.6 is 11.8 Å². The summed E-state index contributed by atoms with van der Waals surface area (Å²) >= 11 is 1.54. The molecule has 1 saturated heterocycles. The minimum atomic E-state index is -1.09. The molecule has 0 aromatic heterocycles. The second kappa shape index (κ2) is 15.6. The van der Waals surface area contributed by atoms with Crippen LogP contribution in [0.25, 0.3) is 11.1 Å². The van der Waals surface area contributed by atoms with E-state index in [-0.39, 0.29) is 29.7 Å². The number of hydrogen-bond acceptors (Lipinski definition) is 5. The number of carboxylic acids is 1. The van der Waals surface area contributed by atoms with Crippen molar-refractivity contribution in [3.63, 3.8) is 0 Å². The van der Waals surface area contributed by atoms with Crippen molar-refractivity contribution >= 4 is 29.7 Å². The number of rotatable bonds is 11. The number of thioether (sulfide) groups is 1. The summed E-state index contributed by atoms with van der Waals surface area (Å²) in [4.78, 5) is 43.1. The predicted molar refractivity (Wildman–Crippen MR) is 214 cm³/mol. The van der Waals surface area contributed by atoms with Crippen molar-refractivity contribution < 1.29 is 24.2 Å². The molecule has 0 spiro atoms. The summed E-state index contributed by atoms with van der Waals surface area (Å²) in [5.41, 5.74) is 7.05. The van der Waals surface area contributed by atoms with E-state index in [9.17, 15) is 19.5 Å². The number of alkyl carbamates (subject to hydrolysis) is 1. The van der Waals surface area contributed by atoms with Gasteiger partial charge in [0.15, 0.2) is 0 Å². The van der Waals surface area contributed by atoms with Crippen LogP contribution in [0.15, 0.2) is 140 Å². The number of nitrogens with one attached hydrogen (secondary N) is 1. The number of carbonyl (C=O) groups excluding carboxylic acids is 2. The minimum absolute atomic E-state index is 0.0853. The van der Waals surface area contributed by atoms with Gasteiger partial charge in [-0.1, -0.05) is 160 Å². The smallest absolute Gasteiger partial charge is 0.407 e. The van der Waals surface area contributed by atoms with Crippen molar-refractivity contribution in [2.45, 2.75) is 62.4 Å². The van der Waals surface area contributed by atoms with E-state index < -0.39 is 34.8 Å². The molecule has 8 heteroatoms. The van der Waals surface area contributed by atoms with E-state index in [0.717, 1.165) is 38.9 Å². The van der Waals surface area contributed by atoms with Crippen LogP contribution in [0.3, 0.4) is 0 Å². The Morgan fingerprint density at radius 3 is 1.65 bits per heavy atom. The average Bonchev–Trinajstić information content (AvgIpc) is 3.79. The summed E-state index contributed by atoms with van der Waals surface area (Å²) < 4.78 is 5.22. The highest BCUT2D eigenvalue weighted by molar-refractivity contribution is 8.00. The summed E-state index contributed by atoms with van der Waals surface area (Å²) in [5.74, 6) is -1.49. The molecule has 0 bridgehead atoms. The number of likely N-dealkylation sites (tertiary alicyclic amines) is 1. The van der Waals surface area contributed by atoms with Gasteiger partial charge < -0.3 is 20.1 Å². The maximum atomic E-state index is 14.9. The van der Waals surface area contributed by atoms with Gasteiger partial charge in [-0.15, -0.1) is 11.8 Å². The van der Waals surface area contributed by atoms with Gasteiger partial charge in [0.2, 0.25) is 5.91 Å². The van der Waals surface area contributed by atoms with E-state index in [4.69, 9.17) is 4.74 Å². The number of benzene rings is 5. The Balaban J connectivity index is 1.24. The monoisotopic (exact) mass is 738 g/mol. The van der Waals surface area contributed by atoms with E-state index in [0.29, 0.717) is 12.8 Å². The van der Waals surface area contributed by atoms with Gasteiger partial charge in [0.25, 0.3) is 0 Å². The Hall–Kier alpha value is -5.34. The van der Waals surface area contributed by atoms with Gasteiger partial charge in [-0.25, -0.2) is 9.59 Å². The fraction of sp³-hybridized carbons (Fsp3) is 0.283. The van der Waals surface area contributed by atoms with E-state index in [2.05, 4.69) is 66.0 Å². The van der Waals surface area contributed by atoms with Crippen molar-refractivity contribution in [3.8, 4) is 11.1 Å². The number of ether oxygens (including phenoxy) is 1. The first-order chi connectivity index (χ1) is 26.1. The van der Waals surface area contributed by atoms with Crippen molar-refractivity contribution in [1.29, 1.82) is 0 Å². The first kappa shape index (κ1) is 37.0. The van der Waals surface area contributed by atoms with E-state index in [1.165, 1.54) is 4.90 Å². The van der Waals surface area contributed by atoms with Gasteiger partial charge in [-0.3, -0.25) is 4.79 Å². The van der Waals surface area contributed by atoms with Crippen LogP contribution < -0.4 is 5.32 Å². The highest BCUT2D eigenvalue weighted by Gasteiger charge is 2.48. The summed E-state index contributed by atoms with van der Waals surface area (Å²) in [6, 6.07) is 44.3. The molecule has 2 N–H and O–H groups in total. The Morgan fingerprint density at radius 1 is 0.722 bits per heavy atom. The maximum Gasteiger partial charge on any atom is 0.407 e. The molecule has 0 radical (unpaired) electrons. The van der Waals surface area contributed by atoms with Crippen LogP contribution in [0.4, 0.5) is 4.79 Å². The normalized spacial score (nSPS) is 17.4. The lowest BCUT2D eigenvalue weighted by Crippen LogP contribution is -2.57. The zero-order valence-electron chi connectivity index (χ0n) is 30.9. The van der Waals surface area contributed by atoms with Crippen LogP contribution in [0, 0.1) is 5.41 Å². The molecular formula is C46H46N2O5S. The second-order valence-electron chi connectivity index (χ2n) is 15.2. The molecular weight excluding hydrogens is 693 g/mol. The molecule has 1 aliphatic heterocycles. The lowest BCUT2D eigenvalue weighted by Gasteiger charge is -2.40. The number of carbonyl (C=O) groups is 3. The lowest BCUT2D eigenvalue weighted by molar-refractivity contribution is -0.151. The van der Waals surface area contributed by atoms with Gasteiger partial charge >= 0.3 is 12.1 Å². The lowest BCUT2D eigenvalue weighted by atomic mass is 9.84. The summed E-state index contributed by atoms with van der Waals surface area (Å²) in [6.45, 7) is 6.16. The SMILES string of the molecule is CC(C)(C)[C@H]1CC[C@@H](C(=O)O)N1C(=O)[C@H](CSC(c1ccccc1)(c1ccccc1)c1ccccc1)NC(=O)OCC1c2ccccc2-c2ccccc21. The molecule has 2 aliphatic rings. The quantitative estimate of drug-likeness (QED) is 0.131. The first-order valence-electron chi connectivity index (χ1n) is 18.6. The zero-order chi connectivity index (χ0) is 37.9. The van der Waals surface area contributed by atoms with E-state index in [1.807, 2.05) is 99.6 Å². The number of nitrogens with zero attached hydrogens (tertiary/aromatic N) is 1. The van der Waals surface area contributed by atoms with Crippen LogP contribution in [0.1, 0.15) is 67.3 Å². The first-order valence-corrected chi connectivity index (χ1v) is 19.5. The van der Waals surface area contributed by atoms with Crippen molar-refractivity contribution in [3.05, 3.63) is 167 Å². The molecule has 7 nitrogen and oxygen atoms in total. The molecule has 1 fully saturated rings. The van der Waals surface area contributed by atoms with E-state index in [1.54, 1.807) is 11.8 Å². The van der Waals surface area contributed by atoms with Crippen LogP contribution in [0.2, 0.25) is 0 Å². The third-order valence-corrected chi connectivity index (χ3v) is 12.5. The Kier molecular flexibility index (Phi) is 10.7. The standard InChI is InChI=1S/C46H46N2O5S/c1-45(2,3)41-28-27-40(43(50)51)48(41)42(49)39(47-44(52)53-29-38-36-25-15-13-23-34(36)35-24-14-16-26-37(35)38)30-54-46(31-17-7-4-8-18-31,32-19-9-5-10-20-32)33-21-11-6-12-22-33/h4-26,38-41H,27-30H2,1-3H3,(H,47,52)(H,50,51)/t39-,40-,41+/m0/s1. The predicted octanol–water partition coefficient (Wildman–Crippen LogP) is 9.11. The molecule has 0 saturated carbocycles. The molecule has 3 atom stereocenters. The number of aliphatic carboxylic acids is 1. The van der Waals surface area contributed by atoms with Crippen LogP contribution in [0.5, 0.6) is 0 Å². The largest absolute Gasteiger partial charge is 0.480 e.